The van der Waals surface area contributed by atoms with Crippen LogP contribution in [0.25, 0.3) is 0 Å². The largest absolute Gasteiger partial charge is 0.466 e. The van der Waals surface area contributed by atoms with E-state index in [1.54, 1.807) is 6.92 Å². The maximum absolute atomic E-state index is 12.5. The van der Waals surface area contributed by atoms with Crippen molar-refractivity contribution in [2.45, 2.75) is 33.6 Å². The van der Waals surface area contributed by atoms with E-state index in [4.69, 9.17) is 9.47 Å². The number of rotatable bonds is 6. The number of carbonyl (C=O) groups excluding carboxylic acids is 3. The van der Waals surface area contributed by atoms with Crippen LogP contribution in [-0.4, -0.2) is 56.1 Å². The second-order valence-electron chi connectivity index (χ2n) is 6.35. The Bertz CT molecular complexity index is 685. The Morgan fingerprint density at radius 3 is 2.69 bits per heavy atom. The Labute approximate surface area is 157 Å². The Hall–Kier alpha value is -1.93. The molecule has 0 bridgehead atoms. The predicted molar refractivity (Wildman–Crippen MR) is 99.6 cm³/mol. The summed E-state index contributed by atoms with van der Waals surface area (Å²) in [5.41, 5.74) is 1.23. The van der Waals surface area contributed by atoms with Crippen molar-refractivity contribution in [3.8, 4) is 0 Å². The minimum Gasteiger partial charge on any atom is -0.466 e. The van der Waals surface area contributed by atoms with E-state index in [1.165, 1.54) is 18.4 Å². The van der Waals surface area contributed by atoms with Crippen molar-refractivity contribution in [1.82, 2.24) is 4.90 Å². The van der Waals surface area contributed by atoms with Crippen LogP contribution in [0.4, 0.5) is 5.00 Å². The van der Waals surface area contributed by atoms with Crippen molar-refractivity contribution < 1.29 is 23.9 Å². The van der Waals surface area contributed by atoms with Gasteiger partial charge in [0.25, 0.3) is 0 Å². The van der Waals surface area contributed by atoms with Gasteiger partial charge in [0.1, 0.15) is 5.00 Å². The third kappa shape index (κ3) is 4.82. The highest BCUT2D eigenvalue weighted by Crippen LogP contribution is 2.33. The quantitative estimate of drug-likeness (QED) is 0.761. The summed E-state index contributed by atoms with van der Waals surface area (Å²) in [5.74, 6) is -1.05. The van der Waals surface area contributed by atoms with E-state index in [0.717, 1.165) is 29.8 Å². The van der Waals surface area contributed by atoms with E-state index in [-0.39, 0.29) is 24.3 Å². The first kappa shape index (κ1) is 20.4. The third-order valence-corrected chi connectivity index (χ3v) is 5.64. The molecular weight excluding hydrogens is 356 g/mol. The molecule has 1 amide bonds. The van der Waals surface area contributed by atoms with Gasteiger partial charge in [-0.1, -0.05) is 0 Å². The molecule has 1 saturated heterocycles. The van der Waals surface area contributed by atoms with Crippen LogP contribution in [0.3, 0.4) is 0 Å². The molecule has 0 unspecified atom stereocenters. The highest BCUT2D eigenvalue weighted by Gasteiger charge is 2.28. The van der Waals surface area contributed by atoms with E-state index in [9.17, 15) is 14.4 Å². The van der Waals surface area contributed by atoms with Crippen LogP contribution in [0.1, 0.15) is 40.6 Å². The van der Waals surface area contributed by atoms with Gasteiger partial charge in [-0.3, -0.25) is 14.5 Å². The van der Waals surface area contributed by atoms with Crippen LogP contribution >= 0.6 is 11.3 Å². The Kier molecular flexibility index (Phi) is 7.16. The fraction of sp³-hybridized carbons (Fsp3) is 0.611. The molecule has 0 saturated carbocycles. The van der Waals surface area contributed by atoms with Crippen molar-refractivity contribution in [2.24, 2.45) is 5.92 Å². The molecular formula is C18H26N2O5S. The van der Waals surface area contributed by atoms with E-state index in [1.807, 2.05) is 18.7 Å². The average Bonchev–Trinajstić information content (AvgIpc) is 2.88. The predicted octanol–water partition coefficient (Wildman–Crippen LogP) is 2.37. The highest BCUT2D eigenvalue weighted by atomic mass is 32.1. The van der Waals surface area contributed by atoms with Gasteiger partial charge in [0.15, 0.2) is 0 Å². The van der Waals surface area contributed by atoms with Gasteiger partial charge in [-0.2, -0.15) is 0 Å². The fourth-order valence-corrected chi connectivity index (χ4v) is 4.15. The number of aryl methyl sites for hydroxylation is 1. The number of hydrogen-bond acceptors (Lipinski definition) is 7. The fourth-order valence-electron chi connectivity index (χ4n) is 3.08. The number of methoxy groups -OCH3 is 1. The summed E-state index contributed by atoms with van der Waals surface area (Å²) in [5, 5.41) is 3.33. The SMILES string of the molecule is CCOC(=O)[C@H]1CCCN(CC(=O)Nc2sc(C)c(C)c2C(=O)OC)C1. The standard InChI is InChI=1S/C18H26N2O5S/c1-5-25-17(22)13-7-6-8-20(9-13)10-14(21)19-16-15(18(23)24-4)11(2)12(3)26-16/h13H,5-10H2,1-4H3,(H,19,21)/t13-/m0/s1. The van der Waals surface area contributed by atoms with Crippen LogP contribution in [0.15, 0.2) is 0 Å². The topological polar surface area (TPSA) is 84.9 Å². The van der Waals surface area contributed by atoms with Gasteiger partial charge >= 0.3 is 11.9 Å². The molecule has 2 heterocycles. The van der Waals surface area contributed by atoms with E-state index in [2.05, 4.69) is 5.32 Å². The number of carbonyl (C=O) groups is 3. The molecule has 8 heteroatoms. The van der Waals surface area contributed by atoms with E-state index in [0.29, 0.717) is 23.7 Å². The van der Waals surface area contributed by atoms with Crippen LogP contribution in [0, 0.1) is 19.8 Å². The lowest BCUT2D eigenvalue weighted by Crippen LogP contribution is -2.43. The molecule has 1 N–H and O–H groups in total. The normalized spacial score (nSPS) is 17.6. The molecule has 144 valence electrons. The summed E-state index contributed by atoms with van der Waals surface area (Å²) in [7, 11) is 1.32. The Balaban J connectivity index is 2.00. The molecule has 1 aliphatic rings. The first-order chi connectivity index (χ1) is 12.4. The van der Waals surface area contributed by atoms with Gasteiger partial charge in [0.05, 0.1) is 31.7 Å². The number of esters is 2. The summed E-state index contributed by atoms with van der Waals surface area (Å²) < 4.78 is 9.91. The third-order valence-electron chi connectivity index (χ3n) is 4.52. The maximum atomic E-state index is 12.5. The zero-order valence-electron chi connectivity index (χ0n) is 15.7. The summed E-state index contributed by atoms with van der Waals surface area (Å²) in [6.07, 6.45) is 1.63. The average molecular weight is 382 g/mol. The summed E-state index contributed by atoms with van der Waals surface area (Å²) in [6.45, 7) is 7.33. The number of nitrogens with zero attached hydrogens (tertiary/aromatic N) is 1. The minimum absolute atomic E-state index is 0.173. The molecule has 1 atom stereocenters. The summed E-state index contributed by atoms with van der Waals surface area (Å²) in [4.78, 5) is 39.3. The number of amides is 1. The number of anilines is 1. The van der Waals surface area contributed by atoms with E-state index >= 15 is 0 Å². The van der Waals surface area contributed by atoms with Crippen molar-refractivity contribution in [3.63, 3.8) is 0 Å². The van der Waals surface area contributed by atoms with Gasteiger partial charge in [0, 0.05) is 11.4 Å². The molecule has 2 rings (SSSR count). The minimum atomic E-state index is -0.456. The first-order valence-electron chi connectivity index (χ1n) is 8.74. The number of piperidine rings is 1. The van der Waals surface area contributed by atoms with Gasteiger partial charge in [-0.25, -0.2) is 4.79 Å². The van der Waals surface area contributed by atoms with Crippen LogP contribution in [0.2, 0.25) is 0 Å². The van der Waals surface area contributed by atoms with Crippen LogP contribution < -0.4 is 5.32 Å². The number of nitrogens with one attached hydrogen (secondary N) is 1. The van der Waals surface area contributed by atoms with Gasteiger partial charge < -0.3 is 14.8 Å². The van der Waals surface area contributed by atoms with Gasteiger partial charge in [-0.05, 0) is 45.7 Å². The molecule has 26 heavy (non-hydrogen) atoms. The highest BCUT2D eigenvalue weighted by molar-refractivity contribution is 7.16. The molecule has 0 radical (unpaired) electrons. The van der Waals surface area contributed by atoms with Crippen LogP contribution in [0.5, 0.6) is 0 Å². The molecule has 7 nitrogen and oxygen atoms in total. The molecule has 0 aliphatic carbocycles. The molecule has 0 spiro atoms. The number of likely N-dealkylation sites (tertiary alicyclic amines) is 1. The first-order valence-corrected chi connectivity index (χ1v) is 9.56. The summed E-state index contributed by atoms with van der Waals surface area (Å²) in [6, 6.07) is 0. The van der Waals surface area contributed by atoms with Gasteiger partial charge in [0.2, 0.25) is 5.91 Å². The van der Waals surface area contributed by atoms with Crippen molar-refractivity contribution in [1.29, 1.82) is 0 Å². The lowest BCUT2D eigenvalue weighted by atomic mass is 9.98. The monoisotopic (exact) mass is 382 g/mol. The molecule has 1 aromatic rings. The smallest absolute Gasteiger partial charge is 0.341 e. The number of ether oxygens (including phenoxy) is 2. The van der Waals surface area contributed by atoms with E-state index < -0.39 is 5.97 Å². The number of thiophene rings is 1. The van der Waals surface area contributed by atoms with Crippen molar-refractivity contribution >= 4 is 34.2 Å². The van der Waals surface area contributed by atoms with Crippen molar-refractivity contribution in [2.75, 3.05) is 38.7 Å². The van der Waals surface area contributed by atoms with Gasteiger partial charge in [-0.15, -0.1) is 11.3 Å². The Morgan fingerprint density at radius 2 is 2.04 bits per heavy atom. The molecule has 0 aromatic carbocycles. The molecule has 1 aliphatic heterocycles. The summed E-state index contributed by atoms with van der Waals surface area (Å²) >= 11 is 1.36. The lowest BCUT2D eigenvalue weighted by Gasteiger charge is -2.30. The van der Waals surface area contributed by atoms with Crippen molar-refractivity contribution in [3.05, 3.63) is 16.0 Å². The second kappa shape index (κ2) is 9.14. The number of hydrogen-bond donors (Lipinski definition) is 1. The lowest BCUT2D eigenvalue weighted by molar-refractivity contribution is -0.150. The molecule has 1 aromatic heterocycles. The maximum Gasteiger partial charge on any atom is 0.341 e. The Morgan fingerprint density at radius 1 is 1.31 bits per heavy atom. The zero-order chi connectivity index (χ0) is 19.3. The van der Waals surface area contributed by atoms with Crippen LogP contribution in [-0.2, 0) is 19.1 Å². The second-order valence-corrected chi connectivity index (χ2v) is 7.58. The molecule has 1 fully saturated rings. The zero-order valence-corrected chi connectivity index (χ0v) is 16.5.